The first-order chi connectivity index (χ1) is 8.68. The molecule has 4 nitrogen and oxygen atoms in total. The summed E-state index contributed by atoms with van der Waals surface area (Å²) in [6.45, 7) is 0. The van der Waals surface area contributed by atoms with Crippen molar-refractivity contribution in [2.45, 2.75) is 12.5 Å². The van der Waals surface area contributed by atoms with Gasteiger partial charge in [0.15, 0.2) is 5.78 Å². The summed E-state index contributed by atoms with van der Waals surface area (Å²) in [4.78, 5) is 25.2. The molecule has 1 N–H and O–H groups in total. The molecule has 1 aliphatic carbocycles. The topological polar surface area (TPSA) is 57.6 Å². The van der Waals surface area contributed by atoms with Crippen molar-refractivity contribution in [1.29, 1.82) is 0 Å². The number of Topliss-reactive ketones (excluding diaryl/α,β-unsaturated/α-hetero) is 1. The predicted octanol–water partition coefficient (Wildman–Crippen LogP) is 1.48. The summed E-state index contributed by atoms with van der Waals surface area (Å²) >= 11 is 0. The van der Waals surface area contributed by atoms with Crippen LogP contribution in [0.2, 0.25) is 0 Å². The van der Waals surface area contributed by atoms with E-state index in [2.05, 4.69) is 0 Å². The number of hydrogen-bond acceptors (Lipinski definition) is 3. The molecule has 2 aliphatic heterocycles. The van der Waals surface area contributed by atoms with Gasteiger partial charge in [-0.25, -0.2) is 0 Å². The Morgan fingerprint density at radius 2 is 2.22 bits per heavy atom. The van der Waals surface area contributed by atoms with Crippen LogP contribution in [0, 0.1) is 11.8 Å². The molecule has 2 heterocycles. The maximum atomic E-state index is 12.3. The lowest BCUT2D eigenvalue weighted by Gasteiger charge is -2.41. The van der Waals surface area contributed by atoms with Gasteiger partial charge in [0, 0.05) is 18.3 Å². The van der Waals surface area contributed by atoms with Crippen LogP contribution in [0.15, 0.2) is 48.4 Å². The van der Waals surface area contributed by atoms with E-state index in [1.807, 2.05) is 35.4 Å². The van der Waals surface area contributed by atoms with Gasteiger partial charge in [0.05, 0.1) is 6.04 Å². The summed E-state index contributed by atoms with van der Waals surface area (Å²) in [6, 6.07) is -0.378. The van der Waals surface area contributed by atoms with Crippen LogP contribution in [-0.4, -0.2) is 27.8 Å². The first-order valence-corrected chi connectivity index (χ1v) is 5.95. The average molecular weight is 243 g/mol. The molecule has 0 aromatic rings. The smallest absolute Gasteiger partial charge is 0.318 e. The molecule has 0 fully saturated rings. The van der Waals surface area contributed by atoms with Crippen molar-refractivity contribution >= 4 is 11.8 Å². The molecule has 18 heavy (non-hydrogen) atoms. The molecule has 0 spiro atoms. The Balaban J connectivity index is 2.00. The van der Waals surface area contributed by atoms with E-state index >= 15 is 0 Å². The van der Waals surface area contributed by atoms with E-state index in [-0.39, 0.29) is 17.7 Å². The molecule has 0 radical (unpaired) electrons. The van der Waals surface area contributed by atoms with Gasteiger partial charge in [0.25, 0.3) is 0 Å². The van der Waals surface area contributed by atoms with Gasteiger partial charge in [-0.1, -0.05) is 18.2 Å². The van der Waals surface area contributed by atoms with Gasteiger partial charge in [0.2, 0.25) is 0 Å². The van der Waals surface area contributed by atoms with Crippen LogP contribution in [0.1, 0.15) is 6.42 Å². The maximum absolute atomic E-state index is 12.3. The second-order valence-corrected chi connectivity index (χ2v) is 4.70. The van der Waals surface area contributed by atoms with Crippen LogP contribution in [0.3, 0.4) is 0 Å². The summed E-state index contributed by atoms with van der Waals surface area (Å²) in [6.07, 6.45) is 13.8. The van der Waals surface area contributed by atoms with Crippen LogP contribution in [-0.2, 0) is 9.59 Å². The summed E-state index contributed by atoms with van der Waals surface area (Å²) in [7, 11) is 0. The average Bonchev–Trinajstić information content (AvgIpc) is 2.38. The van der Waals surface area contributed by atoms with E-state index in [0.29, 0.717) is 0 Å². The molecule has 3 rings (SSSR count). The summed E-state index contributed by atoms with van der Waals surface area (Å²) in [5.74, 6) is -2.23. The van der Waals surface area contributed by atoms with Gasteiger partial charge >= 0.3 is 5.97 Å². The molecule has 0 aromatic heterocycles. The number of carboxylic acid groups (broad SMARTS) is 1. The Hall–Kier alpha value is -2.10. The van der Waals surface area contributed by atoms with E-state index in [4.69, 9.17) is 5.11 Å². The summed E-state index contributed by atoms with van der Waals surface area (Å²) in [5.41, 5.74) is 1.10. The van der Waals surface area contributed by atoms with E-state index < -0.39 is 11.9 Å². The fraction of sp³-hybridized carbons (Fsp3) is 0.286. The second-order valence-electron chi connectivity index (χ2n) is 4.70. The zero-order valence-corrected chi connectivity index (χ0v) is 9.69. The Morgan fingerprint density at radius 1 is 1.39 bits per heavy atom. The van der Waals surface area contributed by atoms with Crippen LogP contribution in [0.5, 0.6) is 0 Å². The third-order valence-electron chi connectivity index (χ3n) is 3.70. The highest BCUT2D eigenvalue weighted by Gasteiger charge is 2.42. The van der Waals surface area contributed by atoms with E-state index in [1.54, 1.807) is 6.20 Å². The fourth-order valence-corrected chi connectivity index (χ4v) is 2.78. The highest BCUT2D eigenvalue weighted by atomic mass is 16.4. The SMILES string of the molecule is O=C(O)C1C=CN2C=CC3=CC=CCC3C2C1=O. The molecule has 0 saturated carbocycles. The van der Waals surface area contributed by atoms with Crippen LogP contribution >= 0.6 is 0 Å². The van der Waals surface area contributed by atoms with Gasteiger partial charge in [0.1, 0.15) is 5.92 Å². The summed E-state index contributed by atoms with van der Waals surface area (Å²) in [5, 5.41) is 9.06. The number of fused-ring (bicyclic) bond motifs is 3. The number of hydrogen-bond donors (Lipinski definition) is 1. The third-order valence-corrected chi connectivity index (χ3v) is 3.70. The van der Waals surface area contributed by atoms with Crippen LogP contribution in [0.4, 0.5) is 0 Å². The van der Waals surface area contributed by atoms with Crippen molar-refractivity contribution in [2.24, 2.45) is 11.8 Å². The van der Waals surface area contributed by atoms with Crippen molar-refractivity contribution in [3.8, 4) is 0 Å². The number of aliphatic carboxylic acids is 1. The molecule has 0 saturated heterocycles. The fourth-order valence-electron chi connectivity index (χ4n) is 2.78. The second kappa shape index (κ2) is 3.98. The maximum Gasteiger partial charge on any atom is 0.318 e. The van der Waals surface area contributed by atoms with Crippen LogP contribution in [0.25, 0.3) is 0 Å². The first kappa shape index (κ1) is 11.0. The molecule has 92 valence electrons. The lowest BCUT2D eigenvalue weighted by Crippen LogP contribution is -2.50. The quantitative estimate of drug-likeness (QED) is 0.709. The first-order valence-electron chi connectivity index (χ1n) is 5.95. The Bertz CT molecular complexity index is 527. The van der Waals surface area contributed by atoms with E-state index in [1.165, 1.54) is 6.08 Å². The number of ketones is 1. The molecule has 0 bridgehead atoms. The minimum absolute atomic E-state index is 0.0688. The van der Waals surface area contributed by atoms with Gasteiger partial charge in [-0.2, -0.15) is 0 Å². The molecular weight excluding hydrogens is 230 g/mol. The number of carboxylic acids is 1. The standard InChI is InChI=1S/C14H13NO3/c16-13-11(14(17)18)6-8-15-7-5-9-3-1-2-4-10(9)12(13)15/h1-3,5-8,10-12H,4H2,(H,17,18). The minimum atomic E-state index is -1.07. The minimum Gasteiger partial charge on any atom is -0.480 e. The monoisotopic (exact) mass is 243 g/mol. The lowest BCUT2D eigenvalue weighted by molar-refractivity contribution is -0.146. The highest BCUT2D eigenvalue weighted by molar-refractivity contribution is 6.04. The molecule has 0 aromatic carbocycles. The zero-order chi connectivity index (χ0) is 12.7. The normalized spacial score (nSPS) is 32.9. The number of nitrogens with zero attached hydrogens (tertiary/aromatic N) is 1. The van der Waals surface area contributed by atoms with Gasteiger partial charge in [-0.05, 0) is 24.1 Å². The summed E-state index contributed by atoms with van der Waals surface area (Å²) < 4.78 is 0. The lowest BCUT2D eigenvalue weighted by atomic mass is 9.76. The number of allylic oxidation sites excluding steroid dienone is 4. The molecular formula is C14H13NO3. The van der Waals surface area contributed by atoms with Crippen molar-refractivity contribution in [3.05, 3.63) is 48.4 Å². The molecule has 3 unspecified atom stereocenters. The predicted molar refractivity (Wildman–Crippen MR) is 65.4 cm³/mol. The largest absolute Gasteiger partial charge is 0.480 e. The van der Waals surface area contributed by atoms with Crippen molar-refractivity contribution in [2.75, 3.05) is 0 Å². The van der Waals surface area contributed by atoms with E-state index in [9.17, 15) is 9.59 Å². The third kappa shape index (κ3) is 1.53. The Labute approximate surface area is 105 Å². The zero-order valence-electron chi connectivity index (χ0n) is 9.69. The van der Waals surface area contributed by atoms with Crippen molar-refractivity contribution in [3.63, 3.8) is 0 Å². The molecule has 4 heteroatoms. The number of carbonyl (C=O) groups is 2. The van der Waals surface area contributed by atoms with Gasteiger partial charge in [-0.3, -0.25) is 9.59 Å². The van der Waals surface area contributed by atoms with E-state index in [0.717, 1.165) is 12.0 Å². The van der Waals surface area contributed by atoms with Crippen molar-refractivity contribution in [1.82, 2.24) is 4.90 Å². The molecule has 3 aliphatic rings. The Kier molecular flexibility index (Phi) is 2.44. The van der Waals surface area contributed by atoms with Crippen LogP contribution < -0.4 is 0 Å². The number of carbonyl (C=O) groups excluding carboxylic acids is 1. The molecule has 3 atom stereocenters. The van der Waals surface area contributed by atoms with Gasteiger partial charge < -0.3 is 10.0 Å². The van der Waals surface area contributed by atoms with Crippen molar-refractivity contribution < 1.29 is 14.7 Å². The molecule has 0 amide bonds. The Morgan fingerprint density at radius 3 is 3.00 bits per heavy atom. The van der Waals surface area contributed by atoms with Gasteiger partial charge in [-0.15, -0.1) is 0 Å². The highest BCUT2D eigenvalue weighted by Crippen LogP contribution is 2.36. The number of rotatable bonds is 1.